The highest BCUT2D eigenvalue weighted by atomic mass is 35.5. The Hall–Kier alpha value is -0.930. The summed E-state index contributed by atoms with van der Waals surface area (Å²) in [7, 11) is 0. The van der Waals surface area contributed by atoms with Gasteiger partial charge in [-0.2, -0.15) is 0 Å². The van der Waals surface area contributed by atoms with E-state index in [1.807, 2.05) is 6.92 Å². The summed E-state index contributed by atoms with van der Waals surface area (Å²) >= 11 is 5.72. The Labute approximate surface area is 118 Å². The predicted octanol–water partition coefficient (Wildman–Crippen LogP) is 3.37. The number of halogens is 2. The van der Waals surface area contributed by atoms with Crippen molar-refractivity contribution in [2.45, 2.75) is 32.6 Å². The van der Waals surface area contributed by atoms with Crippen LogP contribution in [0, 0.1) is 11.2 Å². The van der Waals surface area contributed by atoms with Crippen molar-refractivity contribution in [1.29, 1.82) is 0 Å². The van der Waals surface area contributed by atoms with Gasteiger partial charge in [-0.25, -0.2) is 4.39 Å². The molecule has 0 aliphatic carbocycles. The molecule has 1 fully saturated rings. The van der Waals surface area contributed by atoms with Crippen LogP contribution in [0.15, 0.2) is 18.2 Å². The quantitative estimate of drug-likeness (QED) is 0.918. The molecule has 1 aromatic rings. The lowest BCUT2D eigenvalue weighted by molar-refractivity contribution is -0.129. The van der Waals surface area contributed by atoms with Crippen molar-refractivity contribution in [1.82, 2.24) is 5.32 Å². The number of benzene rings is 1. The van der Waals surface area contributed by atoms with Crippen LogP contribution in [0.25, 0.3) is 0 Å². The van der Waals surface area contributed by atoms with E-state index in [0.29, 0.717) is 10.6 Å². The summed E-state index contributed by atoms with van der Waals surface area (Å²) in [6.45, 7) is 3.77. The van der Waals surface area contributed by atoms with Gasteiger partial charge in [-0.3, -0.25) is 4.79 Å². The first-order valence-corrected chi connectivity index (χ1v) is 7.13. The first kappa shape index (κ1) is 14.5. The number of Topliss-reactive ketones (excluding diaryl/α,β-unsaturated/α-hetero) is 1. The van der Waals surface area contributed by atoms with Crippen molar-refractivity contribution >= 4 is 17.4 Å². The van der Waals surface area contributed by atoms with Gasteiger partial charge in [-0.1, -0.05) is 24.6 Å². The summed E-state index contributed by atoms with van der Waals surface area (Å²) < 4.78 is 13.8. The molecule has 1 aromatic carbocycles. The fourth-order valence-corrected chi connectivity index (χ4v) is 2.92. The second-order valence-corrected chi connectivity index (χ2v) is 5.66. The van der Waals surface area contributed by atoms with Gasteiger partial charge in [0.15, 0.2) is 0 Å². The first-order valence-electron chi connectivity index (χ1n) is 6.75. The molecule has 0 amide bonds. The van der Waals surface area contributed by atoms with E-state index in [1.165, 1.54) is 6.07 Å². The molecule has 0 aromatic heterocycles. The first-order chi connectivity index (χ1) is 9.07. The fraction of sp³-hybridized carbons (Fsp3) is 0.533. The molecule has 1 aliphatic heterocycles. The molecule has 1 heterocycles. The molecule has 0 radical (unpaired) electrons. The number of carbonyl (C=O) groups is 1. The Morgan fingerprint density at radius 3 is 2.68 bits per heavy atom. The summed E-state index contributed by atoms with van der Waals surface area (Å²) in [4.78, 5) is 12.5. The fourth-order valence-electron chi connectivity index (χ4n) is 2.76. The average molecular weight is 284 g/mol. The normalized spacial score (nSPS) is 18.3. The maximum atomic E-state index is 13.8. The number of nitrogens with one attached hydrogen (secondary N) is 1. The summed E-state index contributed by atoms with van der Waals surface area (Å²) in [5.41, 5.74) is 0.165. The second kappa shape index (κ2) is 6.02. The van der Waals surface area contributed by atoms with Gasteiger partial charge in [-0.05, 0) is 50.0 Å². The SMILES string of the molecule is CCC1(C(=O)Cc2ccc(Cl)cc2F)CCNCC1. The molecule has 2 rings (SSSR count). The van der Waals surface area contributed by atoms with Gasteiger partial charge in [0.25, 0.3) is 0 Å². The van der Waals surface area contributed by atoms with Gasteiger partial charge in [0.2, 0.25) is 0 Å². The minimum Gasteiger partial charge on any atom is -0.317 e. The van der Waals surface area contributed by atoms with Gasteiger partial charge in [0.05, 0.1) is 0 Å². The van der Waals surface area contributed by atoms with Crippen LogP contribution < -0.4 is 5.32 Å². The number of rotatable bonds is 4. The third-order valence-corrected chi connectivity index (χ3v) is 4.43. The number of hydrogen-bond acceptors (Lipinski definition) is 2. The number of carbonyl (C=O) groups excluding carboxylic acids is 1. The Bertz CT molecular complexity index is 469. The van der Waals surface area contributed by atoms with Crippen molar-refractivity contribution in [2.24, 2.45) is 5.41 Å². The van der Waals surface area contributed by atoms with Crippen LogP contribution in [0.5, 0.6) is 0 Å². The van der Waals surface area contributed by atoms with Gasteiger partial charge in [-0.15, -0.1) is 0 Å². The molecule has 0 saturated carbocycles. The van der Waals surface area contributed by atoms with Crippen LogP contribution in [-0.2, 0) is 11.2 Å². The Balaban J connectivity index is 2.15. The minimum absolute atomic E-state index is 0.151. The highest BCUT2D eigenvalue weighted by Crippen LogP contribution is 2.35. The van der Waals surface area contributed by atoms with Crippen LogP contribution >= 0.6 is 11.6 Å². The topological polar surface area (TPSA) is 29.1 Å². The van der Waals surface area contributed by atoms with Crippen LogP contribution in [0.3, 0.4) is 0 Å². The van der Waals surface area contributed by atoms with E-state index in [-0.39, 0.29) is 23.4 Å². The number of piperidine rings is 1. The van der Waals surface area contributed by atoms with Crippen molar-refractivity contribution in [3.8, 4) is 0 Å². The molecule has 0 unspecified atom stereocenters. The van der Waals surface area contributed by atoms with Crippen LogP contribution in [0.2, 0.25) is 5.02 Å². The van der Waals surface area contributed by atoms with Crippen LogP contribution in [-0.4, -0.2) is 18.9 Å². The van der Waals surface area contributed by atoms with Crippen molar-refractivity contribution in [3.05, 3.63) is 34.6 Å². The number of ketones is 1. The highest BCUT2D eigenvalue weighted by Gasteiger charge is 2.37. The van der Waals surface area contributed by atoms with Crippen molar-refractivity contribution in [2.75, 3.05) is 13.1 Å². The summed E-state index contributed by atoms with van der Waals surface area (Å²) in [5.74, 6) is -0.237. The molecule has 1 saturated heterocycles. The predicted molar refractivity (Wildman–Crippen MR) is 74.9 cm³/mol. The summed E-state index contributed by atoms with van der Waals surface area (Å²) in [5, 5.41) is 3.63. The smallest absolute Gasteiger partial charge is 0.143 e. The molecule has 0 spiro atoms. The average Bonchev–Trinajstić information content (AvgIpc) is 2.42. The lowest BCUT2D eigenvalue weighted by Crippen LogP contribution is -2.42. The minimum atomic E-state index is -0.388. The van der Waals surface area contributed by atoms with E-state index in [2.05, 4.69) is 5.32 Å². The lowest BCUT2D eigenvalue weighted by atomic mass is 9.71. The van der Waals surface area contributed by atoms with Gasteiger partial charge in [0.1, 0.15) is 11.6 Å². The van der Waals surface area contributed by atoms with Crippen LogP contribution in [0.4, 0.5) is 4.39 Å². The van der Waals surface area contributed by atoms with E-state index in [9.17, 15) is 9.18 Å². The van der Waals surface area contributed by atoms with E-state index in [0.717, 1.165) is 32.4 Å². The molecule has 0 atom stereocenters. The lowest BCUT2D eigenvalue weighted by Gasteiger charge is -2.35. The zero-order chi connectivity index (χ0) is 13.9. The molecular formula is C15H19ClFNO. The Kier molecular flexibility index (Phi) is 4.58. The second-order valence-electron chi connectivity index (χ2n) is 5.22. The third-order valence-electron chi connectivity index (χ3n) is 4.20. The van der Waals surface area contributed by atoms with Crippen LogP contribution in [0.1, 0.15) is 31.7 Å². The Morgan fingerprint density at radius 1 is 1.42 bits per heavy atom. The molecule has 4 heteroatoms. The maximum absolute atomic E-state index is 13.8. The van der Waals surface area contributed by atoms with Gasteiger partial charge < -0.3 is 5.32 Å². The zero-order valence-electron chi connectivity index (χ0n) is 11.1. The summed E-state index contributed by atoms with van der Waals surface area (Å²) in [6.07, 6.45) is 2.68. The van der Waals surface area contributed by atoms with Gasteiger partial charge in [0, 0.05) is 16.9 Å². The van der Waals surface area contributed by atoms with E-state index in [1.54, 1.807) is 12.1 Å². The summed E-state index contributed by atoms with van der Waals surface area (Å²) in [6, 6.07) is 4.51. The van der Waals surface area contributed by atoms with Crippen molar-refractivity contribution in [3.63, 3.8) is 0 Å². The third kappa shape index (κ3) is 3.15. The molecule has 104 valence electrons. The van der Waals surface area contributed by atoms with E-state index < -0.39 is 0 Å². The van der Waals surface area contributed by atoms with Gasteiger partial charge >= 0.3 is 0 Å². The monoisotopic (exact) mass is 283 g/mol. The molecule has 19 heavy (non-hydrogen) atoms. The Morgan fingerprint density at radius 2 is 2.11 bits per heavy atom. The van der Waals surface area contributed by atoms with E-state index >= 15 is 0 Å². The number of hydrogen-bond donors (Lipinski definition) is 1. The van der Waals surface area contributed by atoms with Crippen molar-refractivity contribution < 1.29 is 9.18 Å². The molecule has 2 nitrogen and oxygen atoms in total. The molecule has 0 bridgehead atoms. The standard InChI is InChI=1S/C15H19ClFNO/c1-2-15(5-7-18-8-6-15)14(19)9-11-3-4-12(16)10-13(11)17/h3-4,10,18H,2,5-9H2,1H3. The zero-order valence-corrected chi connectivity index (χ0v) is 11.9. The maximum Gasteiger partial charge on any atom is 0.143 e. The molecule has 1 N–H and O–H groups in total. The highest BCUT2D eigenvalue weighted by molar-refractivity contribution is 6.30. The largest absolute Gasteiger partial charge is 0.317 e. The molecular weight excluding hydrogens is 265 g/mol. The van der Waals surface area contributed by atoms with E-state index in [4.69, 9.17) is 11.6 Å². The molecule has 1 aliphatic rings.